The van der Waals surface area contributed by atoms with Crippen LogP contribution in [0.5, 0.6) is 0 Å². The second-order valence-electron chi connectivity index (χ2n) is 6.32. The fourth-order valence-electron chi connectivity index (χ4n) is 4.11. The van der Waals surface area contributed by atoms with Crippen LogP contribution >= 0.6 is 0 Å². The highest BCUT2D eigenvalue weighted by molar-refractivity contribution is 5.08. The molecule has 0 aromatic heterocycles. The second kappa shape index (κ2) is 7.33. The molecule has 3 unspecified atom stereocenters. The van der Waals surface area contributed by atoms with Crippen molar-refractivity contribution < 1.29 is 0 Å². The molecule has 18 heavy (non-hydrogen) atoms. The summed E-state index contributed by atoms with van der Waals surface area (Å²) in [6, 6.07) is 0.736. The first-order chi connectivity index (χ1) is 8.85. The van der Waals surface area contributed by atoms with Gasteiger partial charge in [0.1, 0.15) is 0 Å². The van der Waals surface area contributed by atoms with Crippen LogP contribution in [0.15, 0.2) is 11.6 Å². The first-order valence-electron chi connectivity index (χ1n) is 8.20. The van der Waals surface area contributed by atoms with Crippen LogP contribution in [0.2, 0.25) is 0 Å². The van der Waals surface area contributed by atoms with E-state index in [1.807, 2.05) is 0 Å². The number of allylic oxidation sites excluding steroid dienone is 1. The van der Waals surface area contributed by atoms with Crippen LogP contribution in [0, 0.1) is 11.8 Å². The van der Waals surface area contributed by atoms with Gasteiger partial charge < -0.3 is 5.32 Å². The Bertz CT molecular complexity index is 269. The molecule has 0 radical (unpaired) electrons. The van der Waals surface area contributed by atoms with Crippen molar-refractivity contribution in [3.05, 3.63) is 11.6 Å². The molecule has 0 aliphatic heterocycles. The SMILES string of the molecule is CCC1CCCCC1C(CC1=CCCCC1)NC. The van der Waals surface area contributed by atoms with Crippen molar-refractivity contribution in [3.8, 4) is 0 Å². The van der Waals surface area contributed by atoms with Gasteiger partial charge in [-0.3, -0.25) is 0 Å². The highest BCUT2D eigenvalue weighted by Gasteiger charge is 2.30. The Morgan fingerprint density at radius 1 is 1.22 bits per heavy atom. The molecule has 104 valence electrons. The van der Waals surface area contributed by atoms with Gasteiger partial charge in [0.15, 0.2) is 0 Å². The van der Waals surface area contributed by atoms with Crippen LogP contribution in [0.3, 0.4) is 0 Å². The van der Waals surface area contributed by atoms with Crippen LogP contribution in [-0.2, 0) is 0 Å². The highest BCUT2D eigenvalue weighted by Crippen LogP contribution is 2.37. The topological polar surface area (TPSA) is 12.0 Å². The first kappa shape index (κ1) is 14.1. The Labute approximate surface area is 113 Å². The van der Waals surface area contributed by atoms with E-state index in [2.05, 4.69) is 25.4 Å². The zero-order valence-electron chi connectivity index (χ0n) is 12.4. The quantitative estimate of drug-likeness (QED) is 0.698. The monoisotopic (exact) mass is 249 g/mol. The van der Waals surface area contributed by atoms with Gasteiger partial charge in [0.2, 0.25) is 0 Å². The van der Waals surface area contributed by atoms with Crippen LogP contribution in [0.4, 0.5) is 0 Å². The fraction of sp³-hybridized carbons (Fsp3) is 0.882. The normalized spacial score (nSPS) is 30.9. The van der Waals surface area contributed by atoms with Gasteiger partial charge in [0.05, 0.1) is 0 Å². The summed E-state index contributed by atoms with van der Waals surface area (Å²) in [6.45, 7) is 2.38. The third-order valence-electron chi connectivity index (χ3n) is 5.25. The molecule has 1 fully saturated rings. The minimum atomic E-state index is 0.736. The summed E-state index contributed by atoms with van der Waals surface area (Å²) in [5.74, 6) is 1.90. The number of hydrogen-bond acceptors (Lipinski definition) is 1. The van der Waals surface area contributed by atoms with E-state index in [0.29, 0.717) is 0 Å². The first-order valence-corrected chi connectivity index (χ1v) is 8.20. The summed E-state index contributed by atoms with van der Waals surface area (Å²) in [5, 5.41) is 3.64. The van der Waals surface area contributed by atoms with E-state index in [-0.39, 0.29) is 0 Å². The van der Waals surface area contributed by atoms with Crippen molar-refractivity contribution in [3.63, 3.8) is 0 Å². The Morgan fingerprint density at radius 2 is 2.06 bits per heavy atom. The van der Waals surface area contributed by atoms with Crippen LogP contribution in [0.25, 0.3) is 0 Å². The molecule has 2 rings (SSSR count). The van der Waals surface area contributed by atoms with Crippen molar-refractivity contribution in [2.24, 2.45) is 11.8 Å². The molecule has 0 amide bonds. The van der Waals surface area contributed by atoms with Crippen LogP contribution in [0.1, 0.15) is 71.1 Å². The van der Waals surface area contributed by atoms with Crippen molar-refractivity contribution in [2.75, 3.05) is 7.05 Å². The molecule has 0 spiro atoms. The molecule has 1 heteroatoms. The molecule has 1 N–H and O–H groups in total. The van der Waals surface area contributed by atoms with Crippen molar-refractivity contribution in [1.82, 2.24) is 5.32 Å². The summed E-state index contributed by atoms with van der Waals surface area (Å²) in [4.78, 5) is 0. The average molecular weight is 249 g/mol. The van der Waals surface area contributed by atoms with Crippen LogP contribution in [-0.4, -0.2) is 13.1 Å². The Hall–Kier alpha value is -0.300. The predicted molar refractivity (Wildman–Crippen MR) is 79.8 cm³/mol. The van der Waals surface area contributed by atoms with Gasteiger partial charge >= 0.3 is 0 Å². The molecule has 0 heterocycles. The molecule has 0 aromatic carbocycles. The van der Waals surface area contributed by atoms with Gasteiger partial charge in [-0.25, -0.2) is 0 Å². The van der Waals surface area contributed by atoms with E-state index in [4.69, 9.17) is 0 Å². The van der Waals surface area contributed by atoms with Gasteiger partial charge in [-0.05, 0) is 57.4 Å². The molecule has 3 atom stereocenters. The molecule has 2 aliphatic carbocycles. The summed E-state index contributed by atoms with van der Waals surface area (Å²) in [6.07, 6.45) is 16.6. The van der Waals surface area contributed by atoms with E-state index in [1.54, 1.807) is 5.57 Å². The van der Waals surface area contributed by atoms with E-state index >= 15 is 0 Å². The zero-order chi connectivity index (χ0) is 12.8. The molecule has 0 aromatic rings. The number of hydrogen-bond donors (Lipinski definition) is 1. The summed E-state index contributed by atoms with van der Waals surface area (Å²) in [7, 11) is 2.18. The predicted octanol–water partition coefficient (Wildman–Crippen LogP) is 4.68. The Kier molecular flexibility index (Phi) is 5.75. The van der Waals surface area contributed by atoms with Gasteiger partial charge in [-0.2, -0.15) is 0 Å². The van der Waals surface area contributed by atoms with E-state index in [9.17, 15) is 0 Å². The largest absolute Gasteiger partial charge is 0.316 e. The smallest absolute Gasteiger partial charge is 0.0132 e. The van der Waals surface area contributed by atoms with Crippen molar-refractivity contribution in [1.29, 1.82) is 0 Å². The van der Waals surface area contributed by atoms with E-state index in [1.165, 1.54) is 64.2 Å². The number of nitrogens with one attached hydrogen (secondary N) is 1. The lowest BCUT2D eigenvalue weighted by Crippen LogP contribution is -2.39. The van der Waals surface area contributed by atoms with Gasteiger partial charge in [0.25, 0.3) is 0 Å². The lowest BCUT2D eigenvalue weighted by atomic mass is 9.72. The molecular formula is C17H31N. The summed E-state index contributed by atoms with van der Waals surface area (Å²) >= 11 is 0. The fourth-order valence-corrected chi connectivity index (χ4v) is 4.11. The van der Waals surface area contributed by atoms with E-state index in [0.717, 1.165) is 17.9 Å². The molecule has 2 aliphatic rings. The average Bonchev–Trinajstić information content (AvgIpc) is 2.46. The lowest BCUT2D eigenvalue weighted by Gasteiger charge is -2.37. The lowest BCUT2D eigenvalue weighted by molar-refractivity contribution is 0.178. The van der Waals surface area contributed by atoms with Gasteiger partial charge in [-0.1, -0.05) is 44.3 Å². The maximum absolute atomic E-state index is 3.64. The third-order valence-corrected chi connectivity index (χ3v) is 5.25. The maximum Gasteiger partial charge on any atom is 0.0132 e. The highest BCUT2D eigenvalue weighted by atomic mass is 14.9. The minimum Gasteiger partial charge on any atom is -0.316 e. The summed E-state index contributed by atoms with van der Waals surface area (Å²) < 4.78 is 0. The third kappa shape index (κ3) is 3.60. The van der Waals surface area contributed by atoms with Crippen molar-refractivity contribution in [2.45, 2.75) is 77.2 Å². The van der Waals surface area contributed by atoms with Crippen LogP contribution < -0.4 is 5.32 Å². The van der Waals surface area contributed by atoms with Crippen molar-refractivity contribution >= 4 is 0 Å². The Morgan fingerprint density at radius 3 is 2.72 bits per heavy atom. The molecule has 1 nitrogen and oxygen atoms in total. The molecule has 0 bridgehead atoms. The summed E-state index contributed by atoms with van der Waals surface area (Å²) in [5.41, 5.74) is 1.74. The second-order valence-corrected chi connectivity index (χ2v) is 6.32. The van der Waals surface area contributed by atoms with Gasteiger partial charge in [0, 0.05) is 6.04 Å². The molecule has 0 saturated heterocycles. The maximum atomic E-state index is 3.64. The number of rotatable bonds is 5. The zero-order valence-corrected chi connectivity index (χ0v) is 12.4. The molecule has 1 saturated carbocycles. The Balaban J connectivity index is 1.95. The van der Waals surface area contributed by atoms with Gasteiger partial charge in [-0.15, -0.1) is 0 Å². The van der Waals surface area contributed by atoms with E-state index < -0.39 is 0 Å². The molecular weight excluding hydrogens is 218 g/mol. The minimum absolute atomic E-state index is 0.736. The standard InChI is InChI=1S/C17H31N/c1-3-15-11-7-8-12-16(15)17(18-2)13-14-9-5-4-6-10-14/h9,15-18H,3-8,10-13H2,1-2H3.